The van der Waals surface area contributed by atoms with Gasteiger partial charge >= 0.3 is 0 Å². The SMILES string of the molecule is CCNCc1ccc(-c2ccc(F)c3ccccc23)cc1. The summed E-state index contributed by atoms with van der Waals surface area (Å²) in [6.45, 7) is 3.93. The molecule has 2 heteroatoms. The minimum atomic E-state index is -0.168. The number of hydrogen-bond acceptors (Lipinski definition) is 1. The van der Waals surface area contributed by atoms with E-state index in [-0.39, 0.29) is 5.82 Å². The standard InChI is InChI=1S/C19H18FN/c1-2-21-13-14-7-9-15(10-8-14)16-11-12-19(20)18-6-4-3-5-17(16)18/h3-12,21H,2,13H2,1H3. The molecular weight excluding hydrogens is 261 g/mol. The van der Waals surface area contributed by atoms with E-state index in [4.69, 9.17) is 0 Å². The van der Waals surface area contributed by atoms with Crippen LogP contribution < -0.4 is 5.32 Å². The molecule has 3 rings (SSSR count). The van der Waals surface area contributed by atoms with E-state index in [9.17, 15) is 4.39 Å². The Morgan fingerprint density at radius 1 is 0.857 bits per heavy atom. The summed E-state index contributed by atoms with van der Waals surface area (Å²) in [5, 5.41) is 4.94. The molecule has 3 aromatic carbocycles. The Labute approximate surface area is 124 Å². The van der Waals surface area contributed by atoms with Crippen LogP contribution in [0.2, 0.25) is 0 Å². The second kappa shape index (κ2) is 6.06. The van der Waals surface area contributed by atoms with Crippen molar-refractivity contribution in [3.8, 4) is 11.1 Å². The average molecular weight is 279 g/mol. The van der Waals surface area contributed by atoms with Gasteiger partial charge in [0.15, 0.2) is 0 Å². The molecule has 106 valence electrons. The third-order valence-corrected chi connectivity index (χ3v) is 3.71. The van der Waals surface area contributed by atoms with Gasteiger partial charge in [0.25, 0.3) is 0 Å². The molecule has 0 fully saturated rings. The lowest BCUT2D eigenvalue weighted by molar-refractivity contribution is 0.640. The minimum Gasteiger partial charge on any atom is -0.313 e. The monoisotopic (exact) mass is 279 g/mol. The average Bonchev–Trinajstić information content (AvgIpc) is 2.54. The molecule has 0 amide bonds. The maximum atomic E-state index is 13.9. The topological polar surface area (TPSA) is 12.0 Å². The maximum Gasteiger partial charge on any atom is 0.131 e. The van der Waals surface area contributed by atoms with Crippen molar-refractivity contribution in [2.24, 2.45) is 0 Å². The molecule has 21 heavy (non-hydrogen) atoms. The Morgan fingerprint density at radius 2 is 1.57 bits per heavy atom. The molecule has 1 nitrogen and oxygen atoms in total. The highest BCUT2D eigenvalue weighted by Crippen LogP contribution is 2.30. The Hall–Kier alpha value is -2.19. The zero-order chi connectivity index (χ0) is 14.7. The molecule has 0 aromatic heterocycles. The van der Waals surface area contributed by atoms with Crippen molar-refractivity contribution in [2.75, 3.05) is 6.54 Å². The Morgan fingerprint density at radius 3 is 2.29 bits per heavy atom. The van der Waals surface area contributed by atoms with E-state index in [0.29, 0.717) is 5.39 Å². The van der Waals surface area contributed by atoms with Crippen molar-refractivity contribution >= 4 is 10.8 Å². The summed E-state index contributed by atoms with van der Waals surface area (Å²) in [5.74, 6) is -0.168. The molecule has 0 heterocycles. The Balaban J connectivity index is 2.02. The van der Waals surface area contributed by atoms with Crippen molar-refractivity contribution in [2.45, 2.75) is 13.5 Å². The van der Waals surface area contributed by atoms with Crippen molar-refractivity contribution < 1.29 is 4.39 Å². The molecule has 0 saturated heterocycles. The first-order valence-electron chi connectivity index (χ1n) is 7.27. The number of fused-ring (bicyclic) bond motifs is 1. The van der Waals surface area contributed by atoms with Crippen molar-refractivity contribution in [3.05, 3.63) is 72.0 Å². The first-order chi connectivity index (χ1) is 10.3. The fourth-order valence-corrected chi connectivity index (χ4v) is 2.59. The van der Waals surface area contributed by atoms with Crippen LogP contribution in [-0.4, -0.2) is 6.54 Å². The van der Waals surface area contributed by atoms with Gasteiger partial charge in [0.1, 0.15) is 5.82 Å². The van der Waals surface area contributed by atoms with Crippen LogP contribution in [0.15, 0.2) is 60.7 Å². The highest BCUT2D eigenvalue weighted by atomic mass is 19.1. The summed E-state index contributed by atoms with van der Waals surface area (Å²) in [5.41, 5.74) is 3.44. The predicted octanol–water partition coefficient (Wildman–Crippen LogP) is 4.76. The van der Waals surface area contributed by atoms with E-state index in [2.05, 4.69) is 36.5 Å². The minimum absolute atomic E-state index is 0.168. The largest absolute Gasteiger partial charge is 0.313 e. The molecule has 0 aliphatic heterocycles. The summed E-state index contributed by atoms with van der Waals surface area (Å²) in [6, 6.07) is 19.5. The number of rotatable bonds is 4. The van der Waals surface area contributed by atoms with Gasteiger partial charge in [0, 0.05) is 11.9 Å². The molecule has 0 radical (unpaired) electrons. The van der Waals surface area contributed by atoms with Crippen LogP contribution in [0.25, 0.3) is 21.9 Å². The van der Waals surface area contributed by atoms with Gasteiger partial charge in [-0.25, -0.2) is 4.39 Å². The summed E-state index contributed by atoms with van der Waals surface area (Å²) in [6.07, 6.45) is 0. The third-order valence-electron chi connectivity index (χ3n) is 3.71. The molecule has 0 aliphatic carbocycles. The van der Waals surface area contributed by atoms with Crippen LogP contribution in [0.4, 0.5) is 4.39 Å². The van der Waals surface area contributed by atoms with Gasteiger partial charge in [-0.1, -0.05) is 61.5 Å². The lowest BCUT2D eigenvalue weighted by atomic mass is 9.97. The highest BCUT2D eigenvalue weighted by Gasteiger charge is 2.07. The molecule has 0 atom stereocenters. The number of nitrogens with one attached hydrogen (secondary N) is 1. The fourth-order valence-electron chi connectivity index (χ4n) is 2.59. The smallest absolute Gasteiger partial charge is 0.131 e. The predicted molar refractivity (Wildman–Crippen MR) is 86.7 cm³/mol. The second-order valence-corrected chi connectivity index (χ2v) is 5.12. The van der Waals surface area contributed by atoms with Crippen molar-refractivity contribution in [1.29, 1.82) is 0 Å². The molecule has 1 N–H and O–H groups in total. The van der Waals surface area contributed by atoms with Gasteiger partial charge < -0.3 is 5.32 Å². The van der Waals surface area contributed by atoms with Gasteiger partial charge in [-0.2, -0.15) is 0 Å². The van der Waals surface area contributed by atoms with Crippen LogP contribution in [0.5, 0.6) is 0 Å². The van der Waals surface area contributed by atoms with E-state index >= 15 is 0 Å². The molecule has 0 bridgehead atoms. The lowest BCUT2D eigenvalue weighted by Crippen LogP contribution is -2.11. The third kappa shape index (κ3) is 2.81. The number of halogens is 1. The quantitative estimate of drug-likeness (QED) is 0.726. The molecule has 0 spiro atoms. The van der Waals surface area contributed by atoms with Gasteiger partial charge in [0.05, 0.1) is 0 Å². The van der Waals surface area contributed by atoms with Crippen molar-refractivity contribution in [1.82, 2.24) is 5.32 Å². The summed E-state index contributed by atoms with van der Waals surface area (Å²) < 4.78 is 13.9. The lowest BCUT2D eigenvalue weighted by Gasteiger charge is -2.09. The Kier molecular flexibility index (Phi) is 3.98. The first-order valence-corrected chi connectivity index (χ1v) is 7.27. The first kappa shape index (κ1) is 13.8. The Bertz CT molecular complexity index is 747. The van der Waals surface area contributed by atoms with Crippen LogP contribution in [0.3, 0.4) is 0 Å². The second-order valence-electron chi connectivity index (χ2n) is 5.12. The van der Waals surface area contributed by atoms with E-state index in [1.165, 1.54) is 5.56 Å². The summed E-state index contributed by atoms with van der Waals surface area (Å²) >= 11 is 0. The number of hydrogen-bond donors (Lipinski definition) is 1. The molecule has 3 aromatic rings. The molecule has 0 unspecified atom stereocenters. The van der Waals surface area contributed by atoms with Gasteiger partial charge in [-0.05, 0) is 34.7 Å². The summed E-state index contributed by atoms with van der Waals surface area (Å²) in [7, 11) is 0. The number of benzene rings is 3. The van der Waals surface area contributed by atoms with E-state index in [1.54, 1.807) is 6.07 Å². The fraction of sp³-hybridized carbons (Fsp3) is 0.158. The maximum absolute atomic E-state index is 13.9. The normalized spacial score (nSPS) is 11.0. The van der Waals surface area contributed by atoms with Crippen LogP contribution in [0, 0.1) is 5.82 Å². The zero-order valence-corrected chi connectivity index (χ0v) is 12.1. The highest BCUT2D eigenvalue weighted by molar-refractivity contribution is 5.96. The zero-order valence-electron chi connectivity index (χ0n) is 12.1. The van der Waals surface area contributed by atoms with Gasteiger partial charge in [-0.3, -0.25) is 0 Å². The molecule has 0 saturated carbocycles. The van der Waals surface area contributed by atoms with Crippen LogP contribution in [-0.2, 0) is 6.54 Å². The van der Waals surface area contributed by atoms with Gasteiger partial charge in [0.2, 0.25) is 0 Å². The molecular formula is C19H18FN. The summed E-state index contributed by atoms with van der Waals surface area (Å²) in [4.78, 5) is 0. The van der Waals surface area contributed by atoms with E-state index in [0.717, 1.165) is 29.6 Å². The van der Waals surface area contributed by atoms with Crippen LogP contribution >= 0.6 is 0 Å². The van der Waals surface area contributed by atoms with Crippen LogP contribution in [0.1, 0.15) is 12.5 Å². The van der Waals surface area contributed by atoms with Crippen molar-refractivity contribution in [3.63, 3.8) is 0 Å². The van der Waals surface area contributed by atoms with Gasteiger partial charge in [-0.15, -0.1) is 0 Å². The van der Waals surface area contributed by atoms with E-state index in [1.807, 2.05) is 30.3 Å². The van der Waals surface area contributed by atoms with E-state index < -0.39 is 0 Å². The molecule has 0 aliphatic rings.